The van der Waals surface area contributed by atoms with E-state index in [1.807, 2.05) is 52.1 Å². The van der Waals surface area contributed by atoms with Gasteiger partial charge in [0.2, 0.25) is 0 Å². The van der Waals surface area contributed by atoms with Crippen molar-refractivity contribution in [3.63, 3.8) is 0 Å². The molecule has 2 heterocycles. The van der Waals surface area contributed by atoms with E-state index in [4.69, 9.17) is 4.74 Å². The predicted molar refractivity (Wildman–Crippen MR) is 74.4 cm³/mol. The lowest BCUT2D eigenvalue weighted by Crippen LogP contribution is -2.27. The summed E-state index contributed by atoms with van der Waals surface area (Å²) in [4.78, 5) is 11.9. The number of nitrogens with one attached hydrogen (secondary N) is 1. The number of anilines is 1. The molecule has 0 fully saturated rings. The smallest absolute Gasteiger partial charge is 0.412 e. The molecule has 0 spiro atoms. The van der Waals surface area contributed by atoms with E-state index in [0.29, 0.717) is 0 Å². The molecule has 2 aromatic rings. The number of pyridine rings is 1. The third kappa shape index (κ3) is 3.05. The summed E-state index contributed by atoms with van der Waals surface area (Å²) in [5.41, 5.74) is 1.92. The van der Waals surface area contributed by atoms with Crippen LogP contribution in [0.15, 0.2) is 24.4 Å². The molecule has 0 radical (unpaired) electrons. The summed E-state index contributed by atoms with van der Waals surface area (Å²) in [7, 11) is 0. The van der Waals surface area contributed by atoms with Crippen LogP contribution in [0.3, 0.4) is 0 Å². The van der Waals surface area contributed by atoms with Crippen molar-refractivity contribution in [2.75, 3.05) is 5.32 Å². The summed E-state index contributed by atoms with van der Waals surface area (Å²) >= 11 is 0. The summed E-state index contributed by atoms with van der Waals surface area (Å²) in [5, 5.41) is 7.22. The summed E-state index contributed by atoms with van der Waals surface area (Å²) < 4.78 is 7.03. The monoisotopic (exact) mass is 261 g/mol. The Morgan fingerprint density at radius 1 is 1.42 bits per heavy atom. The number of aryl methyl sites for hydroxylation is 1. The van der Waals surface area contributed by atoms with Gasteiger partial charge in [-0.15, -0.1) is 0 Å². The van der Waals surface area contributed by atoms with E-state index in [2.05, 4.69) is 10.4 Å². The van der Waals surface area contributed by atoms with Crippen molar-refractivity contribution in [3.05, 3.63) is 30.1 Å². The molecule has 0 aliphatic heterocycles. The fourth-order valence-corrected chi connectivity index (χ4v) is 1.84. The van der Waals surface area contributed by atoms with Crippen molar-refractivity contribution in [1.82, 2.24) is 9.61 Å². The van der Waals surface area contributed by atoms with Crippen molar-refractivity contribution in [2.24, 2.45) is 0 Å². The van der Waals surface area contributed by atoms with Crippen molar-refractivity contribution in [1.29, 1.82) is 0 Å². The molecule has 2 rings (SSSR count). The fourth-order valence-electron chi connectivity index (χ4n) is 1.84. The molecule has 0 bridgehead atoms. The number of hydrogen-bond acceptors (Lipinski definition) is 3. The molecule has 5 heteroatoms. The minimum absolute atomic E-state index is 0.457. The van der Waals surface area contributed by atoms with E-state index in [0.717, 1.165) is 23.3 Å². The number of fused-ring (bicyclic) bond motifs is 1. The minimum atomic E-state index is -0.514. The predicted octanol–water partition coefficient (Wildman–Crippen LogP) is 3.24. The Balaban J connectivity index is 2.31. The molecule has 0 unspecified atom stereocenters. The lowest BCUT2D eigenvalue weighted by atomic mass is 10.2. The van der Waals surface area contributed by atoms with Crippen LogP contribution >= 0.6 is 0 Å². The zero-order valence-electron chi connectivity index (χ0n) is 11.7. The first-order valence-electron chi connectivity index (χ1n) is 6.37. The van der Waals surface area contributed by atoms with Crippen LogP contribution in [0.4, 0.5) is 10.5 Å². The second kappa shape index (κ2) is 4.91. The van der Waals surface area contributed by atoms with E-state index in [-0.39, 0.29) is 0 Å². The highest BCUT2D eigenvalue weighted by Gasteiger charge is 2.19. The zero-order chi connectivity index (χ0) is 14.0. The Bertz CT molecular complexity index is 596. The SMILES string of the molecule is CCc1nn2ccccc2c1NC(=O)OC(C)(C)C. The van der Waals surface area contributed by atoms with Crippen LogP contribution in [0, 0.1) is 0 Å². The number of aromatic nitrogens is 2. The average Bonchev–Trinajstić information content (AvgIpc) is 2.65. The van der Waals surface area contributed by atoms with Gasteiger partial charge < -0.3 is 4.74 Å². The first kappa shape index (κ1) is 13.4. The van der Waals surface area contributed by atoms with Crippen molar-refractivity contribution < 1.29 is 9.53 Å². The highest BCUT2D eigenvalue weighted by molar-refractivity contribution is 5.92. The normalized spacial score (nSPS) is 11.6. The van der Waals surface area contributed by atoms with Gasteiger partial charge in [-0.3, -0.25) is 5.32 Å². The Kier molecular flexibility index (Phi) is 3.46. The van der Waals surface area contributed by atoms with Gasteiger partial charge in [0.05, 0.1) is 16.9 Å². The number of hydrogen-bond donors (Lipinski definition) is 1. The number of carbonyl (C=O) groups is 1. The second-order valence-corrected chi connectivity index (χ2v) is 5.33. The second-order valence-electron chi connectivity index (χ2n) is 5.33. The maximum atomic E-state index is 11.9. The molecule has 0 saturated heterocycles. The Morgan fingerprint density at radius 2 is 2.16 bits per heavy atom. The molecule has 0 atom stereocenters. The van der Waals surface area contributed by atoms with E-state index < -0.39 is 11.7 Å². The number of rotatable bonds is 2. The van der Waals surface area contributed by atoms with Gasteiger partial charge in [-0.1, -0.05) is 13.0 Å². The number of amides is 1. The summed E-state index contributed by atoms with van der Waals surface area (Å²) in [5.74, 6) is 0. The van der Waals surface area contributed by atoms with Crippen LogP contribution in [0.25, 0.3) is 5.52 Å². The summed E-state index contributed by atoms with van der Waals surface area (Å²) in [6.07, 6.45) is 2.14. The third-order valence-electron chi connectivity index (χ3n) is 2.57. The molecular weight excluding hydrogens is 242 g/mol. The van der Waals surface area contributed by atoms with Crippen LogP contribution in [-0.2, 0) is 11.2 Å². The first-order valence-corrected chi connectivity index (χ1v) is 6.37. The molecule has 1 N–H and O–H groups in total. The van der Waals surface area contributed by atoms with Crippen LogP contribution in [0.2, 0.25) is 0 Å². The van der Waals surface area contributed by atoms with Crippen LogP contribution < -0.4 is 5.32 Å². The minimum Gasteiger partial charge on any atom is -0.444 e. The standard InChI is InChI=1S/C14H19N3O2/c1-5-10-12(15-13(18)19-14(2,3)4)11-8-6-7-9-17(11)16-10/h6-9H,5H2,1-4H3,(H,15,18). The zero-order valence-corrected chi connectivity index (χ0v) is 11.7. The molecule has 0 aliphatic rings. The maximum Gasteiger partial charge on any atom is 0.412 e. The third-order valence-corrected chi connectivity index (χ3v) is 2.57. The fraction of sp³-hybridized carbons (Fsp3) is 0.429. The largest absolute Gasteiger partial charge is 0.444 e. The number of ether oxygens (including phenoxy) is 1. The van der Waals surface area contributed by atoms with E-state index in [1.54, 1.807) is 4.52 Å². The van der Waals surface area contributed by atoms with Gasteiger partial charge >= 0.3 is 6.09 Å². The highest BCUT2D eigenvalue weighted by Crippen LogP contribution is 2.23. The van der Waals surface area contributed by atoms with Crippen molar-refractivity contribution in [2.45, 2.75) is 39.7 Å². The van der Waals surface area contributed by atoms with Gasteiger partial charge in [-0.05, 0) is 39.3 Å². The molecule has 0 aliphatic carbocycles. The Labute approximate surface area is 112 Å². The van der Waals surface area contributed by atoms with Gasteiger partial charge in [0, 0.05) is 6.20 Å². The lowest BCUT2D eigenvalue weighted by molar-refractivity contribution is 0.0636. The van der Waals surface area contributed by atoms with E-state index in [1.165, 1.54) is 0 Å². The van der Waals surface area contributed by atoms with Gasteiger partial charge in [0.25, 0.3) is 0 Å². The Morgan fingerprint density at radius 3 is 2.79 bits per heavy atom. The average molecular weight is 261 g/mol. The molecule has 5 nitrogen and oxygen atoms in total. The molecule has 0 saturated carbocycles. The molecular formula is C14H19N3O2. The topological polar surface area (TPSA) is 55.6 Å². The van der Waals surface area contributed by atoms with Crippen LogP contribution in [-0.4, -0.2) is 21.3 Å². The maximum absolute atomic E-state index is 11.9. The van der Waals surface area contributed by atoms with E-state index >= 15 is 0 Å². The van der Waals surface area contributed by atoms with Crippen LogP contribution in [0.1, 0.15) is 33.4 Å². The first-order chi connectivity index (χ1) is 8.90. The van der Waals surface area contributed by atoms with Crippen LogP contribution in [0.5, 0.6) is 0 Å². The quantitative estimate of drug-likeness (QED) is 0.902. The van der Waals surface area contributed by atoms with Gasteiger partial charge in [0.15, 0.2) is 0 Å². The Hall–Kier alpha value is -2.04. The number of nitrogens with zero attached hydrogens (tertiary/aromatic N) is 2. The van der Waals surface area contributed by atoms with E-state index in [9.17, 15) is 4.79 Å². The molecule has 0 aromatic carbocycles. The highest BCUT2D eigenvalue weighted by atomic mass is 16.6. The van der Waals surface area contributed by atoms with Gasteiger partial charge in [-0.25, -0.2) is 9.31 Å². The van der Waals surface area contributed by atoms with Crippen molar-refractivity contribution >= 4 is 17.3 Å². The summed E-state index contributed by atoms with van der Waals surface area (Å²) in [6, 6.07) is 5.73. The molecule has 2 aromatic heterocycles. The van der Waals surface area contributed by atoms with Gasteiger partial charge in [0.1, 0.15) is 5.60 Å². The molecule has 1 amide bonds. The van der Waals surface area contributed by atoms with Crippen molar-refractivity contribution in [3.8, 4) is 0 Å². The number of carbonyl (C=O) groups excluding carboxylic acids is 1. The molecule has 102 valence electrons. The lowest BCUT2D eigenvalue weighted by Gasteiger charge is -2.19. The van der Waals surface area contributed by atoms with Gasteiger partial charge in [-0.2, -0.15) is 5.10 Å². The molecule has 19 heavy (non-hydrogen) atoms. The summed E-state index contributed by atoms with van der Waals surface area (Å²) in [6.45, 7) is 7.51.